The number of hydrogen-bond acceptors (Lipinski definition) is 2. The van der Waals surface area contributed by atoms with Crippen molar-refractivity contribution >= 4 is 40.5 Å². The summed E-state index contributed by atoms with van der Waals surface area (Å²) in [6.07, 6.45) is 0.910. The molecular weight excluding hydrogens is 295 g/mol. The van der Waals surface area contributed by atoms with Crippen molar-refractivity contribution in [3.8, 4) is 0 Å². The lowest BCUT2D eigenvalue weighted by Gasteiger charge is -2.08. The van der Waals surface area contributed by atoms with Crippen LogP contribution in [0.3, 0.4) is 0 Å². The Kier molecular flexibility index (Phi) is 4.88. The fourth-order valence-corrected chi connectivity index (χ4v) is 2.15. The van der Waals surface area contributed by atoms with E-state index in [1.807, 2.05) is 24.3 Å². The summed E-state index contributed by atoms with van der Waals surface area (Å²) >= 11 is 11.9. The first-order chi connectivity index (χ1) is 9.56. The van der Waals surface area contributed by atoms with E-state index in [4.69, 9.17) is 28.9 Å². The first-order valence-electron chi connectivity index (χ1n) is 6.14. The van der Waals surface area contributed by atoms with Gasteiger partial charge in [0.25, 0.3) is 0 Å². The molecule has 104 valence electrons. The van der Waals surface area contributed by atoms with Crippen molar-refractivity contribution < 1.29 is 4.79 Å². The normalized spacial score (nSPS) is 10.3. The number of nitrogens with one attached hydrogen (secondary N) is 1. The van der Waals surface area contributed by atoms with E-state index in [1.165, 1.54) is 0 Å². The van der Waals surface area contributed by atoms with Crippen molar-refractivity contribution in [2.75, 3.05) is 11.1 Å². The highest BCUT2D eigenvalue weighted by atomic mass is 35.5. The number of carbonyl (C=O) groups is 1. The Balaban J connectivity index is 1.96. The van der Waals surface area contributed by atoms with Gasteiger partial charge in [-0.2, -0.15) is 0 Å². The summed E-state index contributed by atoms with van der Waals surface area (Å²) in [4.78, 5) is 11.9. The van der Waals surface area contributed by atoms with Gasteiger partial charge in [-0.15, -0.1) is 0 Å². The molecule has 2 rings (SSSR count). The molecule has 0 bridgehead atoms. The third-order valence-corrected chi connectivity index (χ3v) is 3.44. The van der Waals surface area contributed by atoms with Crippen LogP contribution >= 0.6 is 23.2 Å². The van der Waals surface area contributed by atoms with Crippen LogP contribution in [0.4, 0.5) is 11.4 Å². The molecule has 20 heavy (non-hydrogen) atoms. The van der Waals surface area contributed by atoms with Crippen LogP contribution in [0.25, 0.3) is 0 Å². The van der Waals surface area contributed by atoms with Crippen LogP contribution in [0.1, 0.15) is 12.0 Å². The molecule has 1 amide bonds. The maximum absolute atomic E-state index is 11.9. The SMILES string of the molecule is Nc1ccccc1CCC(=O)Nc1cc(Cl)ccc1Cl. The average Bonchev–Trinajstić information content (AvgIpc) is 2.42. The zero-order chi connectivity index (χ0) is 14.5. The zero-order valence-corrected chi connectivity index (χ0v) is 12.2. The van der Waals surface area contributed by atoms with E-state index in [0.29, 0.717) is 34.3 Å². The van der Waals surface area contributed by atoms with Gasteiger partial charge in [-0.05, 0) is 36.2 Å². The summed E-state index contributed by atoms with van der Waals surface area (Å²) in [5.74, 6) is -0.127. The Morgan fingerprint density at radius 1 is 1.15 bits per heavy atom. The van der Waals surface area contributed by atoms with Crippen molar-refractivity contribution in [1.29, 1.82) is 0 Å². The number of carbonyl (C=O) groups excluding carboxylic acids is 1. The smallest absolute Gasteiger partial charge is 0.224 e. The van der Waals surface area contributed by atoms with Gasteiger partial charge >= 0.3 is 0 Å². The number of anilines is 2. The molecule has 0 aromatic heterocycles. The molecule has 0 unspecified atom stereocenters. The van der Waals surface area contributed by atoms with Crippen LogP contribution in [-0.4, -0.2) is 5.91 Å². The summed E-state index contributed by atoms with van der Waals surface area (Å²) < 4.78 is 0. The summed E-state index contributed by atoms with van der Waals surface area (Å²) in [6.45, 7) is 0. The standard InChI is InChI=1S/C15H14Cl2N2O/c16-11-6-7-12(17)14(9-11)19-15(20)8-5-10-3-1-2-4-13(10)18/h1-4,6-7,9H,5,8,18H2,(H,19,20). The van der Waals surface area contributed by atoms with Gasteiger partial charge in [0.2, 0.25) is 5.91 Å². The second-order valence-corrected chi connectivity index (χ2v) is 5.21. The number of para-hydroxylation sites is 1. The molecule has 0 aliphatic carbocycles. The van der Waals surface area contributed by atoms with Crippen molar-refractivity contribution in [3.63, 3.8) is 0 Å². The zero-order valence-electron chi connectivity index (χ0n) is 10.7. The fraction of sp³-hybridized carbons (Fsp3) is 0.133. The first kappa shape index (κ1) is 14.7. The van der Waals surface area contributed by atoms with E-state index in [2.05, 4.69) is 5.32 Å². The number of nitrogens with two attached hydrogens (primary N) is 1. The molecule has 3 N–H and O–H groups in total. The quantitative estimate of drug-likeness (QED) is 0.834. The highest BCUT2D eigenvalue weighted by molar-refractivity contribution is 6.35. The maximum atomic E-state index is 11.9. The molecule has 0 atom stereocenters. The van der Waals surface area contributed by atoms with Crippen molar-refractivity contribution in [2.45, 2.75) is 12.8 Å². The van der Waals surface area contributed by atoms with E-state index in [-0.39, 0.29) is 5.91 Å². The summed E-state index contributed by atoms with van der Waals surface area (Å²) in [5.41, 5.74) is 8.01. The Morgan fingerprint density at radius 2 is 1.90 bits per heavy atom. The summed E-state index contributed by atoms with van der Waals surface area (Å²) in [6, 6.07) is 12.4. The fourth-order valence-electron chi connectivity index (χ4n) is 1.82. The Labute approximate surface area is 127 Å². The van der Waals surface area contributed by atoms with Gasteiger partial charge in [0.05, 0.1) is 10.7 Å². The van der Waals surface area contributed by atoms with Gasteiger partial charge in [-0.25, -0.2) is 0 Å². The van der Waals surface area contributed by atoms with E-state index < -0.39 is 0 Å². The number of hydrogen-bond donors (Lipinski definition) is 2. The van der Waals surface area contributed by atoms with Crippen molar-refractivity contribution in [1.82, 2.24) is 0 Å². The molecule has 0 aliphatic rings. The highest BCUT2D eigenvalue weighted by Gasteiger charge is 2.08. The van der Waals surface area contributed by atoms with Gasteiger partial charge in [0.1, 0.15) is 0 Å². The monoisotopic (exact) mass is 308 g/mol. The van der Waals surface area contributed by atoms with Crippen LogP contribution in [0.2, 0.25) is 10.0 Å². The number of nitrogen functional groups attached to an aromatic ring is 1. The summed E-state index contributed by atoms with van der Waals surface area (Å²) in [5, 5.41) is 3.73. The predicted molar refractivity (Wildman–Crippen MR) is 84.3 cm³/mol. The number of amides is 1. The van der Waals surface area contributed by atoms with E-state index in [0.717, 1.165) is 5.56 Å². The topological polar surface area (TPSA) is 55.1 Å². The summed E-state index contributed by atoms with van der Waals surface area (Å²) in [7, 11) is 0. The maximum Gasteiger partial charge on any atom is 0.224 e. The lowest BCUT2D eigenvalue weighted by molar-refractivity contribution is -0.116. The molecule has 0 saturated carbocycles. The molecule has 0 spiro atoms. The molecule has 2 aromatic rings. The van der Waals surface area contributed by atoms with Crippen LogP contribution in [0.15, 0.2) is 42.5 Å². The third kappa shape index (κ3) is 3.89. The minimum atomic E-state index is -0.127. The number of halogens is 2. The molecule has 2 aromatic carbocycles. The van der Waals surface area contributed by atoms with Crippen LogP contribution in [0.5, 0.6) is 0 Å². The van der Waals surface area contributed by atoms with E-state index >= 15 is 0 Å². The Morgan fingerprint density at radius 3 is 2.65 bits per heavy atom. The van der Waals surface area contributed by atoms with Gasteiger partial charge < -0.3 is 11.1 Å². The minimum Gasteiger partial charge on any atom is -0.399 e. The Hall–Kier alpha value is -1.71. The largest absolute Gasteiger partial charge is 0.399 e. The van der Waals surface area contributed by atoms with Crippen molar-refractivity contribution in [2.24, 2.45) is 0 Å². The average molecular weight is 309 g/mol. The number of benzene rings is 2. The Bertz CT molecular complexity index is 629. The van der Waals surface area contributed by atoms with E-state index in [9.17, 15) is 4.79 Å². The molecule has 0 saturated heterocycles. The number of rotatable bonds is 4. The molecule has 5 heteroatoms. The van der Waals surface area contributed by atoms with Crippen LogP contribution in [0, 0.1) is 0 Å². The third-order valence-electron chi connectivity index (χ3n) is 2.88. The number of aryl methyl sites for hydroxylation is 1. The van der Waals surface area contributed by atoms with Gasteiger partial charge in [0.15, 0.2) is 0 Å². The first-order valence-corrected chi connectivity index (χ1v) is 6.90. The lowest BCUT2D eigenvalue weighted by atomic mass is 10.1. The second-order valence-electron chi connectivity index (χ2n) is 4.37. The minimum absolute atomic E-state index is 0.127. The van der Waals surface area contributed by atoms with Crippen LogP contribution in [-0.2, 0) is 11.2 Å². The van der Waals surface area contributed by atoms with Gasteiger partial charge in [0, 0.05) is 17.1 Å². The van der Waals surface area contributed by atoms with Gasteiger partial charge in [-0.1, -0.05) is 41.4 Å². The van der Waals surface area contributed by atoms with Gasteiger partial charge in [-0.3, -0.25) is 4.79 Å². The van der Waals surface area contributed by atoms with Crippen LogP contribution < -0.4 is 11.1 Å². The van der Waals surface area contributed by atoms with Crippen molar-refractivity contribution in [3.05, 3.63) is 58.1 Å². The molecule has 3 nitrogen and oxygen atoms in total. The second kappa shape index (κ2) is 6.64. The molecule has 0 heterocycles. The van der Waals surface area contributed by atoms with E-state index in [1.54, 1.807) is 18.2 Å². The lowest BCUT2D eigenvalue weighted by Crippen LogP contribution is -2.13. The molecule has 0 fully saturated rings. The molecule has 0 aliphatic heterocycles. The highest BCUT2D eigenvalue weighted by Crippen LogP contribution is 2.25. The predicted octanol–water partition coefficient (Wildman–Crippen LogP) is 4.15. The molecular formula is C15H14Cl2N2O. The molecule has 0 radical (unpaired) electrons.